The van der Waals surface area contributed by atoms with Crippen LogP contribution in [0.1, 0.15) is 0 Å². The highest BCUT2D eigenvalue weighted by atomic mass is 16.4. The lowest BCUT2D eigenvalue weighted by atomic mass is 10.2. The first-order chi connectivity index (χ1) is 8.49. The smallest absolute Gasteiger partial charge is 0.357 e. The lowest BCUT2D eigenvalue weighted by Crippen LogP contribution is -2.27. The van der Waals surface area contributed by atoms with Crippen molar-refractivity contribution in [3.05, 3.63) is 35.9 Å². The van der Waals surface area contributed by atoms with Crippen LogP contribution in [0, 0.1) is 0 Å². The number of rotatable bonds is 2. The van der Waals surface area contributed by atoms with Gasteiger partial charge in [-0.2, -0.15) is 0 Å². The van der Waals surface area contributed by atoms with Gasteiger partial charge in [0.15, 0.2) is 17.2 Å². The predicted octanol–water partition coefficient (Wildman–Crippen LogP) is 0.236. The van der Waals surface area contributed by atoms with Crippen LogP contribution < -0.4 is 0 Å². The molecule has 0 saturated carbocycles. The van der Waals surface area contributed by atoms with Gasteiger partial charge >= 0.3 is 11.9 Å². The lowest BCUT2D eigenvalue weighted by molar-refractivity contribution is -0.131. The molecular weight excluding hydrogens is 238 g/mol. The highest BCUT2D eigenvalue weighted by molar-refractivity contribution is 6.79. The quantitative estimate of drug-likeness (QED) is 0.727. The Hall–Kier alpha value is -2.70. The average Bonchev–Trinajstić information content (AvgIpc) is 2.75. The summed E-state index contributed by atoms with van der Waals surface area (Å²) in [5, 5.41) is 17.7. The van der Waals surface area contributed by atoms with Crippen LogP contribution in [0.25, 0.3) is 0 Å². The van der Waals surface area contributed by atoms with Crippen molar-refractivity contribution in [2.45, 2.75) is 0 Å². The molecule has 0 atom stereocenters. The van der Waals surface area contributed by atoms with Crippen molar-refractivity contribution in [1.82, 2.24) is 4.90 Å². The minimum absolute atomic E-state index is 0.0883. The fraction of sp³-hybridized carbons (Fsp3) is 0.0909. The molecule has 92 valence electrons. The van der Waals surface area contributed by atoms with Gasteiger partial charge in [0.05, 0.1) is 0 Å². The van der Waals surface area contributed by atoms with Crippen molar-refractivity contribution < 1.29 is 19.8 Å². The Morgan fingerprint density at radius 3 is 1.89 bits per heavy atom. The van der Waals surface area contributed by atoms with Crippen molar-refractivity contribution in [3.63, 3.8) is 0 Å². The first-order valence-electron chi connectivity index (χ1n) is 4.96. The number of carboxylic acids is 2. The number of hydrogen-bond donors (Lipinski definition) is 2. The maximum absolute atomic E-state index is 10.9. The maximum Gasteiger partial charge on any atom is 0.357 e. The zero-order valence-electron chi connectivity index (χ0n) is 9.36. The molecule has 0 aromatic rings. The summed E-state index contributed by atoms with van der Waals surface area (Å²) in [6.45, 7) is 0. The summed E-state index contributed by atoms with van der Waals surface area (Å²) >= 11 is 0. The molecule has 0 unspecified atom stereocenters. The van der Waals surface area contributed by atoms with E-state index in [0.29, 0.717) is 5.57 Å². The number of nitrogens with zero attached hydrogens (tertiary/aromatic N) is 3. The molecule has 0 aromatic heterocycles. The summed E-state index contributed by atoms with van der Waals surface area (Å²) in [4.78, 5) is 31.0. The lowest BCUT2D eigenvalue weighted by Gasteiger charge is -2.11. The molecule has 0 radical (unpaired) electrons. The standard InChI is InChI=1S/C11H9N3O4/c1-14-4-2-6(3-5-14)9-12-7(10(15)16)8(13-9)11(17)18/h2-5H,1H3,(H,15,16)(H,17,18). The van der Waals surface area contributed by atoms with E-state index in [2.05, 4.69) is 9.98 Å². The second-order valence-corrected chi connectivity index (χ2v) is 3.61. The van der Waals surface area contributed by atoms with Crippen molar-refractivity contribution >= 4 is 23.4 Å². The summed E-state index contributed by atoms with van der Waals surface area (Å²) in [6, 6.07) is 0. The van der Waals surface area contributed by atoms with Gasteiger partial charge < -0.3 is 15.1 Å². The van der Waals surface area contributed by atoms with Gasteiger partial charge in [-0.15, -0.1) is 0 Å². The van der Waals surface area contributed by atoms with Gasteiger partial charge in [-0.3, -0.25) is 0 Å². The third kappa shape index (κ3) is 2.05. The molecule has 2 aliphatic rings. The SMILES string of the molecule is CN1C=CC(=C2N=C(C(=O)O)C(C(=O)O)=N2)C=C1. The van der Waals surface area contributed by atoms with Crippen LogP contribution in [-0.4, -0.2) is 45.5 Å². The summed E-state index contributed by atoms with van der Waals surface area (Å²) in [6.07, 6.45) is 6.80. The summed E-state index contributed by atoms with van der Waals surface area (Å²) in [5.41, 5.74) is -0.542. The molecule has 0 bridgehead atoms. The highest BCUT2D eigenvalue weighted by Crippen LogP contribution is 2.20. The Labute approximate surface area is 102 Å². The van der Waals surface area contributed by atoms with Crippen LogP contribution in [-0.2, 0) is 9.59 Å². The Balaban J connectivity index is 2.47. The van der Waals surface area contributed by atoms with E-state index >= 15 is 0 Å². The fourth-order valence-electron chi connectivity index (χ4n) is 1.42. The molecule has 7 heteroatoms. The van der Waals surface area contributed by atoms with Gasteiger partial charge in [0.1, 0.15) is 0 Å². The number of aliphatic imine (C=N–C) groups is 2. The van der Waals surface area contributed by atoms with Gasteiger partial charge in [-0.05, 0) is 12.2 Å². The maximum atomic E-state index is 10.9. The molecule has 0 aliphatic carbocycles. The van der Waals surface area contributed by atoms with Gasteiger partial charge in [0, 0.05) is 25.0 Å². The molecule has 2 heterocycles. The van der Waals surface area contributed by atoms with Gasteiger partial charge in [0.2, 0.25) is 0 Å². The number of aliphatic carboxylic acids is 2. The predicted molar refractivity (Wildman–Crippen MR) is 63.2 cm³/mol. The Bertz CT molecular complexity index is 533. The van der Waals surface area contributed by atoms with Crippen LogP contribution in [0.4, 0.5) is 0 Å². The van der Waals surface area contributed by atoms with Crippen LogP contribution >= 0.6 is 0 Å². The highest BCUT2D eigenvalue weighted by Gasteiger charge is 2.29. The largest absolute Gasteiger partial charge is 0.476 e. The van der Waals surface area contributed by atoms with Gasteiger partial charge in [-0.25, -0.2) is 19.6 Å². The zero-order valence-corrected chi connectivity index (χ0v) is 9.36. The van der Waals surface area contributed by atoms with E-state index in [1.165, 1.54) is 0 Å². The second-order valence-electron chi connectivity index (χ2n) is 3.61. The molecule has 0 amide bonds. The van der Waals surface area contributed by atoms with Crippen molar-refractivity contribution in [2.75, 3.05) is 7.05 Å². The molecule has 0 saturated heterocycles. The third-order valence-electron chi connectivity index (χ3n) is 2.30. The van der Waals surface area contributed by atoms with Gasteiger partial charge in [0.25, 0.3) is 0 Å². The molecule has 0 fully saturated rings. The molecule has 2 aliphatic heterocycles. The summed E-state index contributed by atoms with van der Waals surface area (Å²) < 4.78 is 0. The van der Waals surface area contributed by atoms with E-state index in [4.69, 9.17) is 10.2 Å². The van der Waals surface area contributed by atoms with Crippen LogP contribution in [0.15, 0.2) is 45.9 Å². The van der Waals surface area contributed by atoms with Crippen molar-refractivity contribution in [3.8, 4) is 0 Å². The molecule has 0 spiro atoms. The van der Waals surface area contributed by atoms with E-state index in [0.717, 1.165) is 0 Å². The van der Waals surface area contributed by atoms with E-state index < -0.39 is 23.4 Å². The molecule has 2 N–H and O–H groups in total. The summed E-state index contributed by atoms with van der Waals surface area (Å²) in [7, 11) is 1.82. The Morgan fingerprint density at radius 1 is 1.06 bits per heavy atom. The van der Waals surface area contributed by atoms with E-state index in [1.807, 2.05) is 7.05 Å². The molecule has 7 nitrogen and oxygen atoms in total. The molecule has 0 aromatic carbocycles. The van der Waals surface area contributed by atoms with Crippen LogP contribution in [0.3, 0.4) is 0 Å². The molecule has 2 rings (SSSR count). The topological polar surface area (TPSA) is 103 Å². The normalized spacial score (nSPS) is 17.9. The molecule has 18 heavy (non-hydrogen) atoms. The Morgan fingerprint density at radius 2 is 1.50 bits per heavy atom. The first-order valence-corrected chi connectivity index (χ1v) is 4.96. The van der Waals surface area contributed by atoms with E-state index in [1.54, 1.807) is 29.5 Å². The van der Waals surface area contributed by atoms with Crippen molar-refractivity contribution in [1.29, 1.82) is 0 Å². The van der Waals surface area contributed by atoms with Gasteiger partial charge in [-0.1, -0.05) is 0 Å². The number of carboxylic acid groups (broad SMARTS) is 2. The first kappa shape index (κ1) is 11.8. The minimum atomic E-state index is -1.41. The fourth-order valence-corrected chi connectivity index (χ4v) is 1.42. The van der Waals surface area contributed by atoms with E-state index in [9.17, 15) is 9.59 Å². The number of allylic oxidation sites excluding steroid dienone is 3. The monoisotopic (exact) mass is 247 g/mol. The second kappa shape index (κ2) is 4.28. The van der Waals surface area contributed by atoms with Crippen LogP contribution in [0.2, 0.25) is 0 Å². The van der Waals surface area contributed by atoms with E-state index in [-0.39, 0.29) is 5.82 Å². The molecular formula is C11H9N3O4. The Kier molecular flexibility index (Phi) is 2.80. The third-order valence-corrected chi connectivity index (χ3v) is 2.30. The van der Waals surface area contributed by atoms with Crippen LogP contribution in [0.5, 0.6) is 0 Å². The summed E-state index contributed by atoms with van der Waals surface area (Å²) in [5.74, 6) is -2.73. The average molecular weight is 247 g/mol. The zero-order chi connectivity index (χ0) is 13.3. The number of carbonyl (C=O) groups is 2. The van der Waals surface area contributed by atoms with Crippen molar-refractivity contribution in [2.24, 2.45) is 9.98 Å². The number of hydrogen-bond acceptors (Lipinski definition) is 5. The minimum Gasteiger partial charge on any atom is -0.476 e.